The number of hydrogen-bond acceptors (Lipinski definition) is 4. The standard InChI is InChI=1S/C19H19N3O3/c1-13-12-17(22(21-13)14-8-5-4-6-9-14)20-19(23)15-10-7-11-16(24-2)18(15)25-3/h4-12H,1-3H3,(H,20,23). The van der Waals surface area contributed by atoms with Crippen LogP contribution in [-0.4, -0.2) is 29.9 Å². The van der Waals surface area contributed by atoms with Crippen LogP contribution in [-0.2, 0) is 0 Å². The van der Waals surface area contributed by atoms with Crippen molar-refractivity contribution in [2.75, 3.05) is 19.5 Å². The lowest BCUT2D eigenvalue weighted by Gasteiger charge is -2.13. The molecule has 1 aromatic heterocycles. The van der Waals surface area contributed by atoms with E-state index in [1.165, 1.54) is 14.2 Å². The van der Waals surface area contributed by atoms with Crippen molar-refractivity contribution >= 4 is 11.7 Å². The van der Waals surface area contributed by atoms with Gasteiger partial charge >= 0.3 is 0 Å². The van der Waals surface area contributed by atoms with E-state index in [0.717, 1.165) is 11.4 Å². The molecule has 6 heteroatoms. The minimum atomic E-state index is -0.298. The van der Waals surface area contributed by atoms with Gasteiger partial charge in [-0.05, 0) is 31.2 Å². The van der Waals surface area contributed by atoms with Crippen LogP contribution in [0.5, 0.6) is 11.5 Å². The normalized spacial score (nSPS) is 10.4. The van der Waals surface area contributed by atoms with E-state index >= 15 is 0 Å². The molecule has 0 fully saturated rings. The Bertz CT molecular complexity index is 888. The number of para-hydroxylation sites is 2. The van der Waals surface area contributed by atoms with Crippen LogP contribution in [0.2, 0.25) is 0 Å². The van der Waals surface area contributed by atoms with Crippen molar-refractivity contribution < 1.29 is 14.3 Å². The van der Waals surface area contributed by atoms with Crippen molar-refractivity contribution in [3.8, 4) is 17.2 Å². The van der Waals surface area contributed by atoms with E-state index in [4.69, 9.17) is 9.47 Å². The number of nitrogens with one attached hydrogen (secondary N) is 1. The Morgan fingerprint density at radius 1 is 1.04 bits per heavy atom. The monoisotopic (exact) mass is 337 g/mol. The van der Waals surface area contributed by atoms with E-state index in [2.05, 4.69) is 10.4 Å². The molecule has 0 radical (unpaired) electrons. The minimum absolute atomic E-state index is 0.298. The van der Waals surface area contributed by atoms with E-state index in [1.54, 1.807) is 22.9 Å². The molecule has 6 nitrogen and oxygen atoms in total. The molecule has 0 saturated heterocycles. The fourth-order valence-corrected chi connectivity index (χ4v) is 2.60. The van der Waals surface area contributed by atoms with Crippen LogP contribution in [0.25, 0.3) is 5.69 Å². The number of methoxy groups -OCH3 is 2. The molecule has 2 aromatic carbocycles. The second-order valence-electron chi connectivity index (χ2n) is 5.41. The largest absolute Gasteiger partial charge is 0.493 e. The van der Waals surface area contributed by atoms with Crippen LogP contribution in [0, 0.1) is 6.92 Å². The maximum Gasteiger partial charge on any atom is 0.260 e. The number of amides is 1. The molecule has 0 atom stereocenters. The smallest absolute Gasteiger partial charge is 0.260 e. The van der Waals surface area contributed by atoms with Gasteiger partial charge in [-0.3, -0.25) is 4.79 Å². The zero-order valence-electron chi connectivity index (χ0n) is 14.3. The first kappa shape index (κ1) is 16.6. The van der Waals surface area contributed by atoms with E-state index in [9.17, 15) is 4.79 Å². The van der Waals surface area contributed by atoms with Crippen LogP contribution >= 0.6 is 0 Å². The summed E-state index contributed by atoms with van der Waals surface area (Å²) in [6, 6.07) is 16.6. The van der Waals surface area contributed by atoms with Gasteiger partial charge in [0.15, 0.2) is 11.5 Å². The number of hydrogen-bond donors (Lipinski definition) is 1. The number of carbonyl (C=O) groups excluding carboxylic acids is 1. The average Bonchev–Trinajstić information content (AvgIpc) is 3.01. The van der Waals surface area contributed by atoms with E-state index in [0.29, 0.717) is 22.9 Å². The molecule has 3 rings (SSSR count). The molecule has 0 bridgehead atoms. The molecule has 0 saturated carbocycles. The fraction of sp³-hybridized carbons (Fsp3) is 0.158. The quantitative estimate of drug-likeness (QED) is 0.774. The first-order valence-electron chi connectivity index (χ1n) is 7.78. The van der Waals surface area contributed by atoms with Gasteiger partial charge in [0.1, 0.15) is 5.82 Å². The zero-order chi connectivity index (χ0) is 17.8. The second kappa shape index (κ2) is 7.09. The summed E-state index contributed by atoms with van der Waals surface area (Å²) >= 11 is 0. The van der Waals surface area contributed by atoms with Gasteiger partial charge in [0.25, 0.3) is 5.91 Å². The summed E-state index contributed by atoms with van der Waals surface area (Å²) in [4.78, 5) is 12.8. The molecule has 0 aliphatic heterocycles. The van der Waals surface area contributed by atoms with Crippen LogP contribution in [0.4, 0.5) is 5.82 Å². The summed E-state index contributed by atoms with van der Waals surface area (Å²) in [6.07, 6.45) is 0. The Hall–Kier alpha value is -3.28. The van der Waals surface area contributed by atoms with Gasteiger partial charge in [-0.2, -0.15) is 5.10 Å². The summed E-state index contributed by atoms with van der Waals surface area (Å²) < 4.78 is 12.3. The SMILES string of the molecule is COc1cccc(C(=O)Nc2cc(C)nn2-c2ccccc2)c1OC. The lowest BCUT2D eigenvalue weighted by molar-refractivity contribution is 0.102. The molecule has 1 N–H and O–H groups in total. The third-order valence-corrected chi connectivity index (χ3v) is 3.72. The summed E-state index contributed by atoms with van der Waals surface area (Å²) in [5.74, 6) is 1.18. The highest BCUT2D eigenvalue weighted by molar-refractivity contribution is 6.06. The molecule has 0 spiro atoms. The summed E-state index contributed by atoms with van der Waals surface area (Å²) in [5, 5.41) is 7.35. The Labute approximate surface area is 146 Å². The van der Waals surface area contributed by atoms with E-state index in [1.807, 2.05) is 43.3 Å². The molecule has 25 heavy (non-hydrogen) atoms. The number of benzene rings is 2. The number of ether oxygens (including phenoxy) is 2. The van der Waals surface area contributed by atoms with Gasteiger partial charge in [0.2, 0.25) is 0 Å². The third kappa shape index (κ3) is 3.33. The summed E-state index contributed by atoms with van der Waals surface area (Å²) in [7, 11) is 3.04. The summed E-state index contributed by atoms with van der Waals surface area (Å²) in [5.41, 5.74) is 2.06. The predicted octanol–water partition coefficient (Wildman–Crippen LogP) is 3.45. The highest BCUT2D eigenvalue weighted by Gasteiger charge is 2.18. The van der Waals surface area contributed by atoms with Crippen molar-refractivity contribution in [2.45, 2.75) is 6.92 Å². The molecule has 0 aliphatic rings. The van der Waals surface area contributed by atoms with Gasteiger partial charge < -0.3 is 14.8 Å². The van der Waals surface area contributed by atoms with Crippen molar-refractivity contribution in [1.29, 1.82) is 0 Å². The molecule has 128 valence electrons. The molecular weight excluding hydrogens is 318 g/mol. The molecule has 0 unspecified atom stereocenters. The van der Waals surface area contributed by atoms with Gasteiger partial charge in [-0.25, -0.2) is 4.68 Å². The highest BCUT2D eigenvalue weighted by atomic mass is 16.5. The number of carbonyl (C=O) groups is 1. The number of rotatable bonds is 5. The number of nitrogens with zero attached hydrogens (tertiary/aromatic N) is 2. The lowest BCUT2D eigenvalue weighted by Crippen LogP contribution is -2.16. The van der Waals surface area contributed by atoms with Gasteiger partial charge in [-0.1, -0.05) is 24.3 Å². The molecule has 3 aromatic rings. The van der Waals surface area contributed by atoms with Crippen LogP contribution in [0.1, 0.15) is 16.1 Å². The zero-order valence-corrected chi connectivity index (χ0v) is 14.3. The van der Waals surface area contributed by atoms with E-state index < -0.39 is 0 Å². The highest BCUT2D eigenvalue weighted by Crippen LogP contribution is 2.31. The lowest BCUT2D eigenvalue weighted by atomic mass is 10.1. The molecule has 0 aliphatic carbocycles. The Morgan fingerprint density at radius 3 is 2.48 bits per heavy atom. The van der Waals surface area contributed by atoms with Crippen molar-refractivity contribution in [3.63, 3.8) is 0 Å². The van der Waals surface area contributed by atoms with Crippen LogP contribution in [0.15, 0.2) is 54.6 Å². The van der Waals surface area contributed by atoms with Crippen LogP contribution in [0.3, 0.4) is 0 Å². The molecule has 1 amide bonds. The third-order valence-electron chi connectivity index (χ3n) is 3.72. The first-order chi connectivity index (χ1) is 12.1. The molecular formula is C19H19N3O3. The minimum Gasteiger partial charge on any atom is -0.493 e. The van der Waals surface area contributed by atoms with E-state index in [-0.39, 0.29) is 5.91 Å². The summed E-state index contributed by atoms with van der Waals surface area (Å²) in [6.45, 7) is 1.88. The Morgan fingerprint density at radius 2 is 1.80 bits per heavy atom. The predicted molar refractivity (Wildman–Crippen MR) is 95.8 cm³/mol. The first-order valence-corrected chi connectivity index (χ1v) is 7.78. The second-order valence-corrected chi connectivity index (χ2v) is 5.41. The van der Waals surface area contributed by atoms with Gasteiger partial charge in [-0.15, -0.1) is 0 Å². The fourth-order valence-electron chi connectivity index (χ4n) is 2.60. The van der Waals surface area contributed by atoms with Gasteiger partial charge in [0.05, 0.1) is 31.2 Å². The molecule has 1 heterocycles. The average molecular weight is 337 g/mol. The number of aryl methyl sites for hydroxylation is 1. The van der Waals surface area contributed by atoms with Crippen molar-refractivity contribution in [2.24, 2.45) is 0 Å². The van der Waals surface area contributed by atoms with Crippen LogP contribution < -0.4 is 14.8 Å². The number of aromatic nitrogens is 2. The maximum absolute atomic E-state index is 12.8. The number of anilines is 1. The van der Waals surface area contributed by atoms with Crippen molar-refractivity contribution in [1.82, 2.24) is 9.78 Å². The Kier molecular flexibility index (Phi) is 4.70. The topological polar surface area (TPSA) is 65.4 Å². The Balaban J connectivity index is 1.95. The van der Waals surface area contributed by atoms with Gasteiger partial charge in [0, 0.05) is 6.07 Å². The van der Waals surface area contributed by atoms with Crippen molar-refractivity contribution in [3.05, 3.63) is 65.9 Å². The maximum atomic E-state index is 12.8.